The number of likely N-dealkylation sites (N-methyl/N-ethyl adjacent to an activating group) is 1. The fourth-order valence-electron chi connectivity index (χ4n) is 3.37. The lowest BCUT2D eigenvalue weighted by Crippen LogP contribution is -2.41. The Labute approximate surface area is 135 Å². The van der Waals surface area contributed by atoms with Gasteiger partial charge in [0.15, 0.2) is 11.6 Å². The van der Waals surface area contributed by atoms with E-state index in [0.29, 0.717) is 0 Å². The fourth-order valence-corrected chi connectivity index (χ4v) is 3.37. The summed E-state index contributed by atoms with van der Waals surface area (Å²) in [7, 11) is 1.89. The summed E-state index contributed by atoms with van der Waals surface area (Å²) in [6.45, 7) is 1.63. The lowest BCUT2D eigenvalue weighted by atomic mass is 10.1. The molecule has 1 saturated heterocycles. The molecule has 1 N–H and O–H groups in total. The molecule has 22 heavy (non-hydrogen) atoms. The highest BCUT2D eigenvalue weighted by Gasteiger charge is 2.47. The van der Waals surface area contributed by atoms with Gasteiger partial charge in [0.2, 0.25) is 5.91 Å². The summed E-state index contributed by atoms with van der Waals surface area (Å²) < 4.78 is 26.2. The highest BCUT2D eigenvalue weighted by Crippen LogP contribution is 2.49. The molecule has 3 atom stereocenters. The first-order valence-electron chi connectivity index (χ1n) is 7.52. The number of hydrogen-bond acceptors (Lipinski definition) is 2. The minimum absolute atomic E-state index is 0. The van der Waals surface area contributed by atoms with Crippen LogP contribution >= 0.6 is 12.4 Å². The van der Waals surface area contributed by atoms with E-state index in [2.05, 4.69) is 5.32 Å². The van der Waals surface area contributed by atoms with Crippen molar-refractivity contribution in [2.75, 3.05) is 20.1 Å². The quantitative estimate of drug-likeness (QED) is 0.920. The second-order valence-electron chi connectivity index (χ2n) is 6.01. The van der Waals surface area contributed by atoms with Crippen molar-refractivity contribution in [3.8, 4) is 0 Å². The molecule has 0 bridgehead atoms. The van der Waals surface area contributed by atoms with Crippen molar-refractivity contribution < 1.29 is 13.6 Å². The first-order valence-corrected chi connectivity index (χ1v) is 7.52. The van der Waals surface area contributed by atoms with E-state index < -0.39 is 11.6 Å². The van der Waals surface area contributed by atoms with Gasteiger partial charge in [0.1, 0.15) is 0 Å². The Morgan fingerprint density at radius 3 is 2.82 bits per heavy atom. The molecule has 122 valence electrons. The Hall–Kier alpha value is -1.20. The van der Waals surface area contributed by atoms with E-state index in [0.717, 1.165) is 44.0 Å². The number of hydrogen-bond donors (Lipinski definition) is 1. The van der Waals surface area contributed by atoms with Crippen molar-refractivity contribution in [1.29, 1.82) is 0 Å². The first-order chi connectivity index (χ1) is 10.1. The molecule has 1 heterocycles. The number of carbonyl (C=O) groups is 1. The second kappa shape index (κ2) is 6.92. The van der Waals surface area contributed by atoms with Gasteiger partial charge in [-0.25, -0.2) is 8.78 Å². The van der Waals surface area contributed by atoms with Crippen LogP contribution in [0, 0.1) is 17.6 Å². The van der Waals surface area contributed by atoms with Crippen LogP contribution < -0.4 is 5.32 Å². The van der Waals surface area contributed by atoms with Gasteiger partial charge in [-0.2, -0.15) is 0 Å². The van der Waals surface area contributed by atoms with Crippen LogP contribution in [0.3, 0.4) is 0 Å². The fraction of sp³-hybridized carbons (Fsp3) is 0.562. The molecule has 1 aliphatic carbocycles. The lowest BCUT2D eigenvalue weighted by molar-refractivity contribution is -0.133. The van der Waals surface area contributed by atoms with E-state index in [-0.39, 0.29) is 36.2 Å². The molecule has 1 aromatic rings. The van der Waals surface area contributed by atoms with Gasteiger partial charge in [0.05, 0.1) is 0 Å². The third kappa shape index (κ3) is 3.25. The van der Waals surface area contributed by atoms with Crippen LogP contribution in [0.5, 0.6) is 0 Å². The largest absolute Gasteiger partial charge is 0.338 e. The molecule has 6 heteroatoms. The zero-order chi connectivity index (χ0) is 15.0. The van der Waals surface area contributed by atoms with E-state index in [1.807, 2.05) is 11.9 Å². The number of carbonyl (C=O) groups excluding carboxylic acids is 1. The van der Waals surface area contributed by atoms with Crippen LogP contribution in [0.2, 0.25) is 0 Å². The third-order valence-electron chi connectivity index (χ3n) is 4.58. The van der Waals surface area contributed by atoms with Crippen LogP contribution in [0.4, 0.5) is 8.78 Å². The molecule has 3 unspecified atom stereocenters. The van der Waals surface area contributed by atoms with Gasteiger partial charge in [0, 0.05) is 25.0 Å². The van der Waals surface area contributed by atoms with Gasteiger partial charge in [-0.3, -0.25) is 4.79 Å². The Kier molecular flexibility index (Phi) is 5.40. The standard InChI is InChI=1S/C16H20F2N2O.ClH/c1-19-9-11-3-2-6-20(11)16(21)13-8-12(13)10-4-5-14(17)15(18)7-10;/h4-5,7,11-13,19H,2-3,6,8-9H2,1H3;1H. The monoisotopic (exact) mass is 330 g/mol. The van der Waals surface area contributed by atoms with E-state index in [1.54, 1.807) is 6.07 Å². The first kappa shape index (κ1) is 17.2. The summed E-state index contributed by atoms with van der Waals surface area (Å²) in [5.41, 5.74) is 0.733. The number of likely N-dealkylation sites (tertiary alicyclic amines) is 1. The van der Waals surface area contributed by atoms with Crippen molar-refractivity contribution in [2.45, 2.75) is 31.2 Å². The van der Waals surface area contributed by atoms with Gasteiger partial charge >= 0.3 is 0 Å². The third-order valence-corrected chi connectivity index (χ3v) is 4.58. The molecule has 0 radical (unpaired) electrons. The summed E-state index contributed by atoms with van der Waals surface area (Å²) in [4.78, 5) is 14.5. The van der Waals surface area contributed by atoms with Crippen LogP contribution in [-0.2, 0) is 4.79 Å². The van der Waals surface area contributed by atoms with Gasteiger partial charge in [-0.15, -0.1) is 12.4 Å². The minimum Gasteiger partial charge on any atom is -0.338 e. The molecular formula is C16H21ClF2N2O. The van der Waals surface area contributed by atoms with E-state index >= 15 is 0 Å². The maximum Gasteiger partial charge on any atom is 0.226 e. The summed E-state index contributed by atoms with van der Waals surface area (Å²) in [6, 6.07) is 4.23. The molecule has 2 fully saturated rings. The predicted molar refractivity (Wildman–Crippen MR) is 83.1 cm³/mol. The zero-order valence-corrected chi connectivity index (χ0v) is 13.3. The molecule has 1 aromatic carbocycles. The maximum atomic E-state index is 13.3. The van der Waals surface area contributed by atoms with Crippen molar-refractivity contribution in [2.24, 2.45) is 5.92 Å². The molecule has 2 aliphatic rings. The second-order valence-corrected chi connectivity index (χ2v) is 6.01. The minimum atomic E-state index is -0.837. The van der Waals surface area contributed by atoms with Gasteiger partial charge < -0.3 is 10.2 Å². The highest BCUT2D eigenvalue weighted by atomic mass is 35.5. The molecule has 0 aromatic heterocycles. The van der Waals surface area contributed by atoms with Crippen molar-refractivity contribution in [3.05, 3.63) is 35.4 Å². The zero-order valence-electron chi connectivity index (χ0n) is 12.5. The van der Waals surface area contributed by atoms with Crippen LogP contribution in [-0.4, -0.2) is 37.0 Å². The van der Waals surface area contributed by atoms with Gasteiger partial charge in [-0.1, -0.05) is 6.07 Å². The normalized spacial score (nSPS) is 26.7. The Bertz CT molecular complexity index is 555. The topological polar surface area (TPSA) is 32.3 Å². The van der Waals surface area contributed by atoms with Crippen LogP contribution in [0.25, 0.3) is 0 Å². The lowest BCUT2D eigenvalue weighted by Gasteiger charge is -2.24. The summed E-state index contributed by atoms with van der Waals surface area (Å²) in [6.07, 6.45) is 2.82. The number of rotatable bonds is 4. The number of amides is 1. The molecule has 0 spiro atoms. The summed E-state index contributed by atoms with van der Waals surface area (Å²) >= 11 is 0. The van der Waals surface area contributed by atoms with E-state index in [1.165, 1.54) is 6.07 Å². The number of nitrogens with zero attached hydrogens (tertiary/aromatic N) is 1. The Balaban J connectivity index is 0.00000176. The SMILES string of the molecule is CNCC1CCCN1C(=O)C1CC1c1ccc(F)c(F)c1.Cl. The molecule has 3 rings (SSSR count). The summed E-state index contributed by atoms with van der Waals surface area (Å²) in [5, 5.41) is 3.13. The molecule has 3 nitrogen and oxygen atoms in total. The van der Waals surface area contributed by atoms with Crippen molar-refractivity contribution in [1.82, 2.24) is 10.2 Å². The molecular weight excluding hydrogens is 310 g/mol. The Morgan fingerprint density at radius 1 is 1.36 bits per heavy atom. The smallest absolute Gasteiger partial charge is 0.226 e. The molecule has 1 amide bonds. The molecule has 1 saturated carbocycles. The van der Waals surface area contributed by atoms with Crippen molar-refractivity contribution in [3.63, 3.8) is 0 Å². The number of halogens is 3. The number of benzene rings is 1. The van der Waals surface area contributed by atoms with Gasteiger partial charge in [0.25, 0.3) is 0 Å². The highest BCUT2D eigenvalue weighted by molar-refractivity contribution is 5.85. The van der Waals surface area contributed by atoms with E-state index in [9.17, 15) is 13.6 Å². The maximum absolute atomic E-state index is 13.3. The van der Waals surface area contributed by atoms with Gasteiger partial charge in [-0.05, 0) is 49.9 Å². The average Bonchev–Trinajstić information content (AvgIpc) is 3.14. The number of nitrogens with one attached hydrogen (secondary N) is 1. The predicted octanol–water partition coefficient (Wildman–Crippen LogP) is 2.70. The average molecular weight is 331 g/mol. The Morgan fingerprint density at radius 2 is 2.14 bits per heavy atom. The summed E-state index contributed by atoms with van der Waals surface area (Å²) in [5.74, 6) is -1.52. The van der Waals surface area contributed by atoms with Crippen LogP contribution in [0.1, 0.15) is 30.7 Å². The van der Waals surface area contributed by atoms with Crippen LogP contribution in [0.15, 0.2) is 18.2 Å². The van der Waals surface area contributed by atoms with E-state index in [4.69, 9.17) is 0 Å². The molecule has 1 aliphatic heterocycles. The van der Waals surface area contributed by atoms with Crippen molar-refractivity contribution >= 4 is 18.3 Å².